The Bertz CT molecular complexity index is 3370. The number of furan rings is 1. The highest BCUT2D eigenvalue weighted by Crippen LogP contribution is 2.57. The van der Waals surface area contributed by atoms with E-state index in [1.54, 1.807) is 0 Å². The molecule has 0 amide bonds. The van der Waals surface area contributed by atoms with Gasteiger partial charge in [0, 0.05) is 22.3 Å². The van der Waals surface area contributed by atoms with Gasteiger partial charge in [0.1, 0.15) is 11.2 Å². The van der Waals surface area contributed by atoms with Crippen molar-refractivity contribution < 1.29 is 4.42 Å². The first-order valence-corrected chi connectivity index (χ1v) is 21.0. The van der Waals surface area contributed by atoms with E-state index in [0.717, 1.165) is 50.1 Å². The van der Waals surface area contributed by atoms with Crippen LogP contribution in [0, 0.1) is 0 Å². The predicted molar refractivity (Wildman–Crippen MR) is 254 cm³/mol. The standard InChI is InChI=1S/C59H39NO/c1-3-17-42(18-4-1)49-36-37-55(57-52-26-11-14-29-56(52)61-58(49)57)60(47-34-32-41(33-35-47)44-31-30-40-16-7-8-19-43(40)38-44)48-23-15-22-46(39-48)59(45-20-5-2-6-21-45)53-27-12-9-24-50(53)51-25-10-13-28-54(51)59/h1-39H. The van der Waals surface area contributed by atoms with E-state index in [4.69, 9.17) is 4.42 Å². The molecular formula is C59H39NO. The van der Waals surface area contributed by atoms with Gasteiger partial charge in [0.05, 0.1) is 16.5 Å². The van der Waals surface area contributed by atoms with Crippen LogP contribution in [0.5, 0.6) is 0 Å². The number of hydrogen-bond donors (Lipinski definition) is 0. The van der Waals surface area contributed by atoms with Crippen molar-refractivity contribution in [2.75, 3.05) is 4.90 Å². The summed E-state index contributed by atoms with van der Waals surface area (Å²) in [7, 11) is 0. The number of rotatable bonds is 7. The van der Waals surface area contributed by atoms with Gasteiger partial charge in [0.15, 0.2) is 0 Å². The van der Waals surface area contributed by atoms with Crippen LogP contribution in [-0.2, 0) is 5.41 Å². The molecule has 2 heteroatoms. The van der Waals surface area contributed by atoms with Gasteiger partial charge in [-0.15, -0.1) is 0 Å². The van der Waals surface area contributed by atoms with Crippen LogP contribution in [0.25, 0.3) is 66.1 Å². The van der Waals surface area contributed by atoms with Gasteiger partial charge < -0.3 is 9.32 Å². The third kappa shape index (κ3) is 5.50. The number of nitrogens with zero attached hydrogens (tertiary/aromatic N) is 1. The van der Waals surface area contributed by atoms with E-state index in [-0.39, 0.29) is 0 Å². The number of para-hydroxylation sites is 1. The van der Waals surface area contributed by atoms with Gasteiger partial charge in [0.25, 0.3) is 0 Å². The molecule has 2 nitrogen and oxygen atoms in total. The molecule has 10 aromatic carbocycles. The lowest BCUT2D eigenvalue weighted by atomic mass is 9.67. The van der Waals surface area contributed by atoms with Crippen LogP contribution in [0.15, 0.2) is 241 Å². The first-order chi connectivity index (χ1) is 30.3. The molecule has 286 valence electrons. The Labute approximate surface area is 355 Å². The van der Waals surface area contributed by atoms with E-state index in [2.05, 4.69) is 241 Å². The average molecular weight is 778 g/mol. The minimum atomic E-state index is -0.537. The number of anilines is 3. The van der Waals surface area contributed by atoms with Gasteiger partial charge in [-0.3, -0.25) is 0 Å². The van der Waals surface area contributed by atoms with Gasteiger partial charge in [-0.05, 0) is 109 Å². The molecule has 12 rings (SSSR count). The van der Waals surface area contributed by atoms with Crippen molar-refractivity contribution in [3.63, 3.8) is 0 Å². The lowest BCUT2D eigenvalue weighted by molar-refractivity contribution is 0.670. The molecule has 0 unspecified atom stereocenters. The molecule has 0 fully saturated rings. The summed E-state index contributed by atoms with van der Waals surface area (Å²) in [5.41, 5.74) is 16.5. The Kier molecular flexibility index (Phi) is 8.11. The van der Waals surface area contributed by atoms with Gasteiger partial charge in [-0.25, -0.2) is 0 Å². The van der Waals surface area contributed by atoms with Crippen molar-refractivity contribution >= 4 is 49.8 Å². The van der Waals surface area contributed by atoms with Crippen LogP contribution < -0.4 is 4.90 Å². The molecule has 1 aromatic heterocycles. The molecule has 1 aliphatic rings. The first-order valence-electron chi connectivity index (χ1n) is 21.0. The second-order valence-electron chi connectivity index (χ2n) is 16.0. The van der Waals surface area contributed by atoms with E-state index in [9.17, 15) is 0 Å². The minimum Gasteiger partial charge on any atom is -0.455 e. The van der Waals surface area contributed by atoms with Crippen molar-refractivity contribution in [2.24, 2.45) is 0 Å². The van der Waals surface area contributed by atoms with E-state index >= 15 is 0 Å². The number of benzene rings is 10. The quantitative estimate of drug-likeness (QED) is 0.160. The Balaban J connectivity index is 1.11. The molecule has 0 saturated carbocycles. The fourth-order valence-electron chi connectivity index (χ4n) is 10.0. The summed E-state index contributed by atoms with van der Waals surface area (Å²) >= 11 is 0. The molecule has 0 atom stereocenters. The zero-order valence-electron chi connectivity index (χ0n) is 33.4. The summed E-state index contributed by atoms with van der Waals surface area (Å²) in [4.78, 5) is 2.43. The van der Waals surface area contributed by atoms with Crippen molar-refractivity contribution in [2.45, 2.75) is 5.41 Å². The molecule has 0 N–H and O–H groups in total. The summed E-state index contributed by atoms with van der Waals surface area (Å²) in [6.07, 6.45) is 0. The molecule has 0 saturated heterocycles. The molecule has 0 spiro atoms. The Morgan fingerprint density at radius 2 is 0.984 bits per heavy atom. The summed E-state index contributed by atoms with van der Waals surface area (Å²) in [5.74, 6) is 0. The van der Waals surface area contributed by atoms with E-state index in [1.807, 2.05) is 0 Å². The average Bonchev–Trinajstić information content (AvgIpc) is 3.87. The molecule has 0 bridgehead atoms. The molecule has 11 aromatic rings. The summed E-state index contributed by atoms with van der Waals surface area (Å²) < 4.78 is 6.84. The van der Waals surface area contributed by atoms with E-state index in [1.165, 1.54) is 55.3 Å². The zero-order chi connectivity index (χ0) is 40.3. The molecule has 1 heterocycles. The first kappa shape index (κ1) is 35.0. The van der Waals surface area contributed by atoms with Crippen LogP contribution in [0.4, 0.5) is 17.1 Å². The molecule has 1 aliphatic carbocycles. The third-order valence-electron chi connectivity index (χ3n) is 12.7. The maximum absolute atomic E-state index is 6.84. The third-order valence-corrected chi connectivity index (χ3v) is 12.7. The van der Waals surface area contributed by atoms with E-state index in [0.29, 0.717) is 0 Å². The summed E-state index contributed by atoms with van der Waals surface area (Å²) in [6.45, 7) is 0. The largest absolute Gasteiger partial charge is 0.455 e. The normalized spacial score (nSPS) is 12.7. The van der Waals surface area contributed by atoms with Crippen LogP contribution in [-0.4, -0.2) is 0 Å². The maximum atomic E-state index is 6.84. The van der Waals surface area contributed by atoms with Gasteiger partial charge in [-0.2, -0.15) is 0 Å². The zero-order valence-corrected chi connectivity index (χ0v) is 33.4. The Hall–Kier alpha value is -7.94. The van der Waals surface area contributed by atoms with Gasteiger partial charge in [-0.1, -0.05) is 188 Å². The highest BCUT2D eigenvalue weighted by Gasteiger charge is 2.46. The van der Waals surface area contributed by atoms with Crippen LogP contribution >= 0.6 is 0 Å². The Morgan fingerprint density at radius 3 is 1.75 bits per heavy atom. The predicted octanol–water partition coefficient (Wildman–Crippen LogP) is 15.9. The van der Waals surface area contributed by atoms with Crippen molar-refractivity contribution in [1.82, 2.24) is 0 Å². The lowest BCUT2D eigenvalue weighted by Gasteiger charge is -2.35. The number of hydrogen-bond acceptors (Lipinski definition) is 2. The SMILES string of the molecule is c1ccc(-c2ccc(N(c3ccc(-c4ccc5ccccc5c4)cc3)c3cccc(C4(c5ccccc5)c5ccccc5-c5ccccc54)c3)c3c2oc2ccccc23)cc1. The highest BCUT2D eigenvalue weighted by atomic mass is 16.3. The Morgan fingerprint density at radius 1 is 0.361 bits per heavy atom. The molecule has 61 heavy (non-hydrogen) atoms. The number of fused-ring (bicyclic) bond motifs is 7. The van der Waals surface area contributed by atoms with Crippen molar-refractivity contribution in [3.8, 4) is 33.4 Å². The second-order valence-corrected chi connectivity index (χ2v) is 16.0. The fourth-order valence-corrected chi connectivity index (χ4v) is 10.0. The smallest absolute Gasteiger partial charge is 0.145 e. The summed E-state index contributed by atoms with van der Waals surface area (Å²) in [5, 5.41) is 4.64. The van der Waals surface area contributed by atoms with Gasteiger partial charge in [0.2, 0.25) is 0 Å². The topological polar surface area (TPSA) is 16.4 Å². The summed E-state index contributed by atoms with van der Waals surface area (Å²) in [6, 6.07) is 86.0. The van der Waals surface area contributed by atoms with Crippen molar-refractivity contribution in [1.29, 1.82) is 0 Å². The fraction of sp³-hybridized carbons (Fsp3) is 0.0169. The van der Waals surface area contributed by atoms with Crippen LogP contribution in [0.2, 0.25) is 0 Å². The maximum Gasteiger partial charge on any atom is 0.145 e. The van der Waals surface area contributed by atoms with Crippen LogP contribution in [0.1, 0.15) is 22.3 Å². The molecule has 0 radical (unpaired) electrons. The molecule has 0 aliphatic heterocycles. The minimum absolute atomic E-state index is 0.537. The van der Waals surface area contributed by atoms with Crippen LogP contribution in [0.3, 0.4) is 0 Å². The lowest BCUT2D eigenvalue weighted by Crippen LogP contribution is -2.28. The second kappa shape index (κ2) is 14.1. The van der Waals surface area contributed by atoms with E-state index < -0.39 is 5.41 Å². The van der Waals surface area contributed by atoms with Crippen molar-refractivity contribution in [3.05, 3.63) is 259 Å². The highest BCUT2D eigenvalue weighted by molar-refractivity contribution is 6.17. The molecular weight excluding hydrogens is 739 g/mol. The van der Waals surface area contributed by atoms with Gasteiger partial charge >= 0.3 is 0 Å². The monoisotopic (exact) mass is 777 g/mol.